The van der Waals surface area contributed by atoms with Gasteiger partial charge in [-0.25, -0.2) is 4.98 Å². The van der Waals surface area contributed by atoms with Gasteiger partial charge in [0.15, 0.2) is 0 Å². The average molecular weight is 352 g/mol. The van der Waals surface area contributed by atoms with E-state index in [2.05, 4.69) is 26.7 Å². The Morgan fingerprint density at radius 3 is 2.81 bits per heavy atom. The molecule has 0 aromatic carbocycles. The molecule has 0 N–H and O–H groups in total. The molecule has 3 rings (SSSR count). The summed E-state index contributed by atoms with van der Waals surface area (Å²) >= 11 is 0. The number of likely N-dealkylation sites (N-methyl/N-ethyl adjacent to an activating group) is 1. The monoisotopic (exact) mass is 352 g/mol. The third kappa shape index (κ3) is 4.40. The van der Waals surface area contributed by atoms with Crippen LogP contribution >= 0.6 is 0 Å². The number of carbonyl (C=O) groups excluding carboxylic acids is 1. The lowest BCUT2D eigenvalue weighted by Gasteiger charge is -2.35. The zero-order chi connectivity index (χ0) is 18.4. The number of hydrogen-bond donors (Lipinski definition) is 0. The normalized spacial score (nSPS) is 17.2. The van der Waals surface area contributed by atoms with Gasteiger partial charge in [-0.05, 0) is 61.9 Å². The number of anilines is 1. The first-order chi connectivity index (χ1) is 12.7. The molecule has 2 aromatic heterocycles. The summed E-state index contributed by atoms with van der Waals surface area (Å²) in [4.78, 5) is 25.7. The molecule has 1 unspecified atom stereocenters. The summed E-state index contributed by atoms with van der Waals surface area (Å²) in [7, 11) is 2.02. The Hall–Kier alpha value is -2.43. The summed E-state index contributed by atoms with van der Waals surface area (Å²) in [5.74, 6) is 0.984. The Morgan fingerprint density at radius 1 is 1.23 bits per heavy atom. The largest absolute Gasteiger partial charge is 0.359 e. The SMILES string of the molecule is CCC1CCCCN1C(=O)c1ccnc(N(C)CCc2ccncc2)c1. The van der Waals surface area contributed by atoms with Crippen LogP contribution in [0.4, 0.5) is 5.82 Å². The maximum atomic E-state index is 13.0. The van der Waals surface area contributed by atoms with E-state index in [0.29, 0.717) is 6.04 Å². The third-order valence-corrected chi connectivity index (χ3v) is 5.23. The molecule has 26 heavy (non-hydrogen) atoms. The Kier molecular flexibility index (Phi) is 6.21. The number of amides is 1. The molecule has 1 saturated heterocycles. The number of pyridine rings is 2. The van der Waals surface area contributed by atoms with Crippen molar-refractivity contribution in [2.24, 2.45) is 0 Å². The summed E-state index contributed by atoms with van der Waals surface area (Å²) < 4.78 is 0. The van der Waals surface area contributed by atoms with Gasteiger partial charge in [-0.15, -0.1) is 0 Å². The summed E-state index contributed by atoms with van der Waals surface area (Å²) in [6.45, 7) is 3.88. The molecule has 5 heteroatoms. The van der Waals surface area contributed by atoms with E-state index in [9.17, 15) is 4.79 Å². The van der Waals surface area contributed by atoms with E-state index < -0.39 is 0 Å². The minimum absolute atomic E-state index is 0.141. The second-order valence-corrected chi connectivity index (χ2v) is 6.99. The van der Waals surface area contributed by atoms with Gasteiger partial charge in [-0.3, -0.25) is 9.78 Å². The van der Waals surface area contributed by atoms with Gasteiger partial charge in [0, 0.05) is 50.3 Å². The van der Waals surface area contributed by atoms with Gasteiger partial charge in [0.2, 0.25) is 0 Å². The van der Waals surface area contributed by atoms with Crippen LogP contribution in [0.25, 0.3) is 0 Å². The molecule has 5 nitrogen and oxygen atoms in total. The van der Waals surface area contributed by atoms with Crippen molar-refractivity contribution in [1.82, 2.24) is 14.9 Å². The zero-order valence-electron chi connectivity index (χ0n) is 15.8. The molecular weight excluding hydrogens is 324 g/mol. The van der Waals surface area contributed by atoms with Crippen LogP contribution in [0.3, 0.4) is 0 Å². The van der Waals surface area contributed by atoms with E-state index in [-0.39, 0.29) is 5.91 Å². The van der Waals surface area contributed by atoms with Crippen LogP contribution in [0.2, 0.25) is 0 Å². The highest BCUT2D eigenvalue weighted by Crippen LogP contribution is 2.22. The second kappa shape index (κ2) is 8.79. The Bertz CT molecular complexity index is 719. The molecule has 0 aliphatic carbocycles. The van der Waals surface area contributed by atoms with Crippen LogP contribution < -0.4 is 4.90 Å². The molecule has 1 fully saturated rings. The van der Waals surface area contributed by atoms with Crippen molar-refractivity contribution in [2.45, 2.75) is 45.1 Å². The number of rotatable bonds is 6. The maximum absolute atomic E-state index is 13.0. The summed E-state index contributed by atoms with van der Waals surface area (Å²) in [6.07, 6.45) is 10.8. The van der Waals surface area contributed by atoms with E-state index in [0.717, 1.165) is 50.2 Å². The number of hydrogen-bond acceptors (Lipinski definition) is 4. The summed E-state index contributed by atoms with van der Waals surface area (Å²) in [5.41, 5.74) is 1.99. The lowest BCUT2D eigenvalue weighted by atomic mass is 9.99. The fraction of sp³-hybridized carbons (Fsp3) is 0.476. The van der Waals surface area contributed by atoms with Gasteiger partial charge < -0.3 is 9.80 Å². The van der Waals surface area contributed by atoms with Crippen LogP contribution in [0, 0.1) is 0 Å². The van der Waals surface area contributed by atoms with Crippen molar-refractivity contribution < 1.29 is 4.79 Å². The molecule has 138 valence electrons. The van der Waals surface area contributed by atoms with Crippen LogP contribution in [0.15, 0.2) is 42.9 Å². The van der Waals surface area contributed by atoms with Crippen molar-refractivity contribution in [3.05, 3.63) is 54.0 Å². The Morgan fingerprint density at radius 2 is 2.04 bits per heavy atom. The van der Waals surface area contributed by atoms with Crippen LogP contribution in [0.5, 0.6) is 0 Å². The predicted octanol–water partition coefficient (Wildman–Crippen LogP) is 3.56. The number of piperidine rings is 1. The third-order valence-electron chi connectivity index (χ3n) is 5.23. The average Bonchev–Trinajstić information content (AvgIpc) is 2.72. The standard InChI is InChI=1S/C21H28N4O/c1-3-19-6-4-5-14-25(19)21(26)18-9-13-23-20(16-18)24(2)15-10-17-7-11-22-12-8-17/h7-9,11-13,16,19H,3-6,10,14-15H2,1-2H3. The molecule has 0 spiro atoms. The van der Waals surface area contributed by atoms with Crippen LogP contribution in [0.1, 0.15) is 48.5 Å². The van der Waals surface area contributed by atoms with E-state index in [1.807, 2.05) is 43.7 Å². The molecule has 2 aromatic rings. The molecular formula is C21H28N4O. The maximum Gasteiger partial charge on any atom is 0.254 e. The minimum atomic E-state index is 0.141. The highest BCUT2D eigenvalue weighted by molar-refractivity contribution is 5.95. The molecule has 0 bridgehead atoms. The van der Waals surface area contributed by atoms with Crippen molar-refractivity contribution in [2.75, 3.05) is 25.0 Å². The molecule has 1 atom stereocenters. The number of carbonyl (C=O) groups is 1. The van der Waals surface area contributed by atoms with Gasteiger partial charge in [0.1, 0.15) is 5.82 Å². The second-order valence-electron chi connectivity index (χ2n) is 6.99. The molecule has 1 aliphatic heterocycles. The van der Waals surface area contributed by atoms with Gasteiger partial charge in [-0.2, -0.15) is 0 Å². The van der Waals surface area contributed by atoms with Crippen LogP contribution in [-0.4, -0.2) is 47.0 Å². The Labute approximate surface area is 156 Å². The van der Waals surface area contributed by atoms with E-state index in [1.54, 1.807) is 6.20 Å². The molecule has 1 aliphatic rings. The smallest absolute Gasteiger partial charge is 0.254 e. The zero-order valence-corrected chi connectivity index (χ0v) is 15.8. The first kappa shape index (κ1) is 18.4. The molecule has 1 amide bonds. The summed E-state index contributed by atoms with van der Waals surface area (Å²) in [5, 5.41) is 0. The van der Waals surface area contributed by atoms with Crippen molar-refractivity contribution in [3.8, 4) is 0 Å². The molecule has 0 radical (unpaired) electrons. The first-order valence-electron chi connectivity index (χ1n) is 9.56. The molecule has 3 heterocycles. The highest BCUT2D eigenvalue weighted by atomic mass is 16.2. The fourth-order valence-electron chi connectivity index (χ4n) is 3.58. The fourth-order valence-corrected chi connectivity index (χ4v) is 3.58. The number of aromatic nitrogens is 2. The number of likely N-dealkylation sites (tertiary alicyclic amines) is 1. The summed E-state index contributed by atoms with van der Waals surface area (Å²) in [6, 6.07) is 8.20. The number of nitrogens with zero attached hydrogens (tertiary/aromatic N) is 4. The van der Waals surface area contributed by atoms with E-state index in [4.69, 9.17) is 0 Å². The lowest BCUT2D eigenvalue weighted by molar-refractivity contribution is 0.0608. The van der Waals surface area contributed by atoms with Gasteiger partial charge >= 0.3 is 0 Å². The van der Waals surface area contributed by atoms with Crippen molar-refractivity contribution >= 4 is 11.7 Å². The molecule has 0 saturated carbocycles. The van der Waals surface area contributed by atoms with Gasteiger partial charge in [0.25, 0.3) is 5.91 Å². The minimum Gasteiger partial charge on any atom is -0.359 e. The van der Waals surface area contributed by atoms with Gasteiger partial charge in [-0.1, -0.05) is 6.92 Å². The van der Waals surface area contributed by atoms with Gasteiger partial charge in [0.05, 0.1) is 0 Å². The van der Waals surface area contributed by atoms with Crippen molar-refractivity contribution in [3.63, 3.8) is 0 Å². The first-order valence-corrected chi connectivity index (χ1v) is 9.56. The van der Waals surface area contributed by atoms with Crippen LogP contribution in [-0.2, 0) is 6.42 Å². The van der Waals surface area contributed by atoms with E-state index in [1.165, 1.54) is 12.0 Å². The lowest BCUT2D eigenvalue weighted by Crippen LogP contribution is -2.43. The highest BCUT2D eigenvalue weighted by Gasteiger charge is 2.26. The quantitative estimate of drug-likeness (QED) is 0.798. The van der Waals surface area contributed by atoms with E-state index >= 15 is 0 Å². The predicted molar refractivity (Wildman–Crippen MR) is 104 cm³/mol. The topological polar surface area (TPSA) is 49.3 Å². The Balaban J connectivity index is 1.68. The van der Waals surface area contributed by atoms with Crippen molar-refractivity contribution in [1.29, 1.82) is 0 Å².